The molecule has 14 heavy (non-hydrogen) atoms. The van der Waals surface area contributed by atoms with Crippen LogP contribution in [0.3, 0.4) is 0 Å². The minimum Gasteiger partial charge on any atom is -0.301 e. The van der Waals surface area contributed by atoms with Crippen molar-refractivity contribution in [3.8, 4) is 0 Å². The van der Waals surface area contributed by atoms with Gasteiger partial charge in [-0.1, -0.05) is 0 Å². The molecule has 0 spiro atoms. The summed E-state index contributed by atoms with van der Waals surface area (Å²) < 4.78 is 37.7. The highest BCUT2D eigenvalue weighted by Gasteiger charge is 2.37. The summed E-state index contributed by atoms with van der Waals surface area (Å²) in [6, 6.07) is 0. The second-order valence-electron chi connectivity index (χ2n) is 2.59. The molecule has 0 fully saturated rings. The Bertz CT molecular complexity index is 359. The van der Waals surface area contributed by atoms with E-state index in [1.807, 2.05) is 0 Å². The van der Waals surface area contributed by atoms with E-state index in [-0.39, 0.29) is 16.7 Å². The van der Waals surface area contributed by atoms with Gasteiger partial charge in [-0.25, -0.2) is 0 Å². The van der Waals surface area contributed by atoms with Gasteiger partial charge in [0.1, 0.15) is 6.29 Å². The van der Waals surface area contributed by atoms with Gasteiger partial charge in [-0.2, -0.15) is 18.3 Å². The zero-order valence-electron chi connectivity index (χ0n) is 7.10. The van der Waals surface area contributed by atoms with Gasteiger partial charge >= 0.3 is 6.18 Å². The predicted molar refractivity (Wildman–Crippen MR) is 45.7 cm³/mol. The molecule has 0 aliphatic heterocycles. The molecule has 1 aromatic heterocycles. The maximum absolute atomic E-state index is 12.3. The lowest BCUT2D eigenvalue weighted by Crippen LogP contribution is -2.09. The summed E-state index contributed by atoms with van der Waals surface area (Å²) >= 11 is 2.79. The van der Waals surface area contributed by atoms with Crippen LogP contribution >= 0.6 is 15.9 Å². The number of carbonyl (C=O) groups is 1. The third-order valence-electron chi connectivity index (χ3n) is 1.65. The van der Waals surface area contributed by atoms with Crippen LogP contribution < -0.4 is 0 Å². The van der Waals surface area contributed by atoms with Gasteiger partial charge < -0.3 is 4.79 Å². The summed E-state index contributed by atoms with van der Waals surface area (Å²) in [5.74, 6) is 0. The van der Waals surface area contributed by atoms with Crippen molar-refractivity contribution in [2.45, 2.75) is 19.6 Å². The zero-order chi connectivity index (χ0) is 10.9. The van der Waals surface area contributed by atoms with Crippen LogP contribution in [0.1, 0.15) is 11.4 Å². The largest absolute Gasteiger partial charge is 0.436 e. The Kier molecular flexibility index (Phi) is 2.98. The molecule has 0 radical (unpaired) electrons. The van der Waals surface area contributed by atoms with Gasteiger partial charge in [-0.05, 0) is 22.9 Å². The van der Waals surface area contributed by atoms with Crippen molar-refractivity contribution in [1.29, 1.82) is 0 Å². The molecule has 1 rings (SSSR count). The maximum Gasteiger partial charge on any atom is 0.436 e. The van der Waals surface area contributed by atoms with Crippen molar-refractivity contribution in [1.82, 2.24) is 9.78 Å². The summed E-state index contributed by atoms with van der Waals surface area (Å²) in [6.07, 6.45) is -4.01. The third-order valence-corrected chi connectivity index (χ3v) is 2.60. The van der Waals surface area contributed by atoms with E-state index in [9.17, 15) is 18.0 Å². The maximum atomic E-state index is 12.3. The molecule has 0 N–H and O–H groups in total. The Labute approximate surface area is 86.0 Å². The fourth-order valence-electron chi connectivity index (χ4n) is 0.954. The Balaban J connectivity index is 3.21. The van der Waals surface area contributed by atoms with Gasteiger partial charge in [0.2, 0.25) is 0 Å². The number of carbonyl (C=O) groups excluding carboxylic acids is 1. The normalized spacial score (nSPS) is 11.8. The molecule has 3 nitrogen and oxygen atoms in total. The van der Waals surface area contributed by atoms with Crippen molar-refractivity contribution in [2.75, 3.05) is 0 Å². The summed E-state index contributed by atoms with van der Waals surface area (Å²) in [5.41, 5.74) is -0.721. The van der Waals surface area contributed by atoms with E-state index >= 15 is 0 Å². The number of alkyl halides is 3. The number of rotatable bonds is 2. The lowest BCUT2D eigenvalue weighted by molar-refractivity contribution is -0.142. The second kappa shape index (κ2) is 3.72. The molecule has 0 saturated carbocycles. The van der Waals surface area contributed by atoms with Crippen LogP contribution in [0.25, 0.3) is 0 Å². The minimum absolute atomic E-state index is 0.119. The summed E-state index contributed by atoms with van der Waals surface area (Å²) in [5, 5.41) is 3.28. The summed E-state index contributed by atoms with van der Waals surface area (Å²) in [6.45, 7) is 1.27. The van der Waals surface area contributed by atoms with Crippen molar-refractivity contribution < 1.29 is 18.0 Å². The van der Waals surface area contributed by atoms with Crippen molar-refractivity contribution in [2.24, 2.45) is 0 Å². The van der Waals surface area contributed by atoms with Crippen LogP contribution in [-0.4, -0.2) is 16.1 Å². The van der Waals surface area contributed by atoms with E-state index in [0.717, 1.165) is 4.68 Å². The molecule has 0 aliphatic carbocycles. The minimum atomic E-state index is -4.50. The van der Waals surface area contributed by atoms with E-state index < -0.39 is 11.9 Å². The second-order valence-corrected chi connectivity index (χ2v) is 3.39. The third kappa shape index (κ3) is 1.97. The van der Waals surface area contributed by atoms with Gasteiger partial charge in [0, 0.05) is 0 Å². The van der Waals surface area contributed by atoms with Crippen molar-refractivity contribution >= 4 is 22.2 Å². The smallest absolute Gasteiger partial charge is 0.301 e. The van der Waals surface area contributed by atoms with Crippen LogP contribution in [0.2, 0.25) is 0 Å². The lowest BCUT2D eigenvalue weighted by Gasteiger charge is -2.01. The monoisotopic (exact) mass is 270 g/mol. The first kappa shape index (κ1) is 11.2. The Morgan fingerprint density at radius 3 is 2.50 bits per heavy atom. The van der Waals surface area contributed by atoms with E-state index in [1.54, 1.807) is 0 Å². The van der Waals surface area contributed by atoms with Gasteiger partial charge in [0.15, 0.2) is 5.69 Å². The number of hydrogen-bond acceptors (Lipinski definition) is 2. The van der Waals surface area contributed by atoms with E-state index in [0.29, 0.717) is 6.29 Å². The molecular weight excluding hydrogens is 265 g/mol. The van der Waals surface area contributed by atoms with Crippen LogP contribution in [0.5, 0.6) is 0 Å². The van der Waals surface area contributed by atoms with E-state index in [2.05, 4.69) is 21.0 Å². The van der Waals surface area contributed by atoms with Gasteiger partial charge in [0.25, 0.3) is 0 Å². The Morgan fingerprint density at radius 2 is 2.14 bits per heavy atom. The van der Waals surface area contributed by atoms with Crippen molar-refractivity contribution in [3.63, 3.8) is 0 Å². The molecular formula is C7H6BrF3N2O. The van der Waals surface area contributed by atoms with Crippen LogP contribution in [-0.2, 0) is 17.5 Å². The topological polar surface area (TPSA) is 34.9 Å². The number of hydrogen-bond donors (Lipinski definition) is 0. The van der Waals surface area contributed by atoms with Crippen molar-refractivity contribution in [3.05, 3.63) is 15.9 Å². The molecule has 0 aromatic carbocycles. The number of aldehydes is 1. The lowest BCUT2D eigenvalue weighted by atomic mass is 10.3. The average Bonchev–Trinajstić information content (AvgIpc) is 2.32. The van der Waals surface area contributed by atoms with Gasteiger partial charge in [0.05, 0.1) is 16.7 Å². The molecule has 0 saturated heterocycles. The van der Waals surface area contributed by atoms with E-state index in [1.165, 1.54) is 6.92 Å². The molecule has 0 amide bonds. The molecule has 7 heteroatoms. The molecule has 1 heterocycles. The fraction of sp³-hybridized carbons (Fsp3) is 0.429. The molecule has 78 valence electrons. The molecule has 0 unspecified atom stereocenters. The summed E-state index contributed by atoms with van der Waals surface area (Å²) in [7, 11) is 0. The van der Waals surface area contributed by atoms with Crippen LogP contribution in [0, 0.1) is 6.92 Å². The molecule has 0 aliphatic rings. The first-order valence-corrected chi connectivity index (χ1v) is 4.41. The van der Waals surface area contributed by atoms with Crippen LogP contribution in [0.15, 0.2) is 4.47 Å². The first-order chi connectivity index (χ1) is 6.38. The highest BCUT2D eigenvalue weighted by Crippen LogP contribution is 2.35. The highest BCUT2D eigenvalue weighted by atomic mass is 79.9. The zero-order valence-corrected chi connectivity index (χ0v) is 8.68. The molecule has 1 aromatic rings. The Hall–Kier alpha value is -0.850. The average molecular weight is 271 g/mol. The Morgan fingerprint density at radius 1 is 1.57 bits per heavy atom. The van der Waals surface area contributed by atoms with Gasteiger partial charge in [-0.3, -0.25) is 4.68 Å². The fourth-order valence-corrected chi connectivity index (χ4v) is 1.46. The molecule has 0 bridgehead atoms. The number of aromatic nitrogens is 2. The standard InChI is InChI=1S/C7H6BrF3N2O/c1-4-5(8)6(7(9,10)11)12-13(4)2-3-14/h3H,2H2,1H3. The first-order valence-electron chi connectivity index (χ1n) is 3.61. The quantitative estimate of drug-likeness (QED) is 0.772. The highest BCUT2D eigenvalue weighted by molar-refractivity contribution is 9.10. The number of nitrogens with zero attached hydrogens (tertiary/aromatic N) is 2. The van der Waals surface area contributed by atoms with E-state index in [4.69, 9.17) is 0 Å². The predicted octanol–water partition coefficient (Wildman–Crippen LogP) is 2.17. The van der Waals surface area contributed by atoms with Gasteiger partial charge in [-0.15, -0.1) is 0 Å². The van der Waals surface area contributed by atoms with Crippen LogP contribution in [0.4, 0.5) is 13.2 Å². The SMILES string of the molecule is Cc1c(Br)c(C(F)(F)F)nn1CC=O. The summed E-state index contributed by atoms with van der Waals surface area (Å²) in [4.78, 5) is 10.1. The number of halogens is 4. The molecule has 0 atom stereocenters.